The van der Waals surface area contributed by atoms with Crippen molar-refractivity contribution in [1.29, 1.82) is 0 Å². The van der Waals surface area contributed by atoms with E-state index < -0.39 is 7.58 Å². The summed E-state index contributed by atoms with van der Waals surface area (Å²) in [5, 5.41) is 0. The second-order valence-corrected chi connectivity index (χ2v) is 6.27. The first kappa shape index (κ1) is 9.11. The summed E-state index contributed by atoms with van der Waals surface area (Å²) in [7, 11) is 0.223. The van der Waals surface area contributed by atoms with Crippen LogP contribution < -0.4 is 0 Å². The molecule has 0 atom stereocenters. The maximum absolute atomic E-state index is 5.56. The zero-order chi connectivity index (χ0) is 6.57. The highest BCUT2D eigenvalue weighted by Crippen LogP contribution is 1.99. The average molecular weight is 189 g/mol. The highest BCUT2D eigenvalue weighted by Gasteiger charge is 2.07. The van der Waals surface area contributed by atoms with E-state index in [-0.39, 0.29) is 0 Å². The lowest BCUT2D eigenvalue weighted by Crippen LogP contribution is -2.29. The van der Waals surface area contributed by atoms with E-state index in [1.54, 1.807) is 0 Å². The van der Waals surface area contributed by atoms with E-state index in [1.165, 1.54) is 6.69 Å². The van der Waals surface area contributed by atoms with Crippen molar-refractivity contribution < 1.29 is 0 Å². The van der Waals surface area contributed by atoms with E-state index in [2.05, 4.69) is 0 Å². The predicted molar refractivity (Wildman–Crippen MR) is 43.1 cm³/mol. The first-order valence-electron chi connectivity index (χ1n) is 2.08. The van der Waals surface area contributed by atoms with Crippen LogP contribution in [0.5, 0.6) is 0 Å². The molecule has 0 amide bonds. The summed E-state index contributed by atoms with van der Waals surface area (Å²) >= 11 is 16.4. The maximum Gasteiger partial charge on any atom is 0.308 e. The van der Waals surface area contributed by atoms with Crippen LogP contribution in [0, 0.1) is 0 Å². The van der Waals surface area contributed by atoms with Gasteiger partial charge in [0.25, 0.3) is 6.69 Å². The molecule has 8 heavy (non-hydrogen) atoms. The molecule has 0 rings (SSSR count). The summed E-state index contributed by atoms with van der Waals surface area (Å²) in [6, 6.07) is 0. The monoisotopic (exact) mass is 188 g/mol. The van der Waals surface area contributed by atoms with Gasteiger partial charge in [0.2, 0.25) is 0 Å². The molecule has 0 aliphatic heterocycles. The number of nitrogens with zero attached hydrogens (tertiary/aromatic N) is 1. The average Bonchev–Trinajstić information content (AvgIpc) is 1.67. The molecular formula is C2H6BCl3NSi. The molecule has 6 heteroatoms. The van der Waals surface area contributed by atoms with Crippen LogP contribution in [-0.4, -0.2) is 32.3 Å². The summed E-state index contributed by atoms with van der Waals surface area (Å²) in [4.78, 5) is 0. The molecule has 0 N–H and O–H groups in total. The molecule has 0 saturated carbocycles. The van der Waals surface area contributed by atoms with Crippen molar-refractivity contribution in [3.63, 3.8) is 0 Å². The molecule has 0 heterocycles. The van der Waals surface area contributed by atoms with E-state index in [1.807, 2.05) is 11.6 Å². The van der Waals surface area contributed by atoms with Crippen LogP contribution in [0.3, 0.4) is 0 Å². The fourth-order valence-corrected chi connectivity index (χ4v) is 1.28. The lowest BCUT2D eigenvalue weighted by molar-refractivity contribution is 0.635. The molecule has 0 bridgehead atoms. The van der Waals surface area contributed by atoms with Crippen molar-refractivity contribution >= 4 is 47.9 Å². The molecule has 0 aliphatic carbocycles. The second-order valence-electron chi connectivity index (χ2n) is 1.37. The van der Waals surface area contributed by atoms with Crippen LogP contribution >= 0.6 is 33.6 Å². The molecule has 1 radical (unpaired) electrons. The highest BCUT2D eigenvalue weighted by atomic mass is 35.7. The molecule has 0 fully saturated rings. The molecule has 0 aromatic rings. The minimum absolute atomic E-state index is 0.658. The van der Waals surface area contributed by atoms with E-state index in [4.69, 9.17) is 33.6 Å². The summed E-state index contributed by atoms with van der Waals surface area (Å²) in [6.45, 7) is 1.50. The van der Waals surface area contributed by atoms with Crippen LogP contribution in [0.1, 0.15) is 0 Å². The fraction of sp³-hybridized carbons (Fsp3) is 1.00. The van der Waals surface area contributed by atoms with Crippen molar-refractivity contribution in [1.82, 2.24) is 4.57 Å². The number of hydrogen-bond acceptors (Lipinski definition) is 1. The zero-order valence-electron chi connectivity index (χ0n) is 4.44. The Morgan fingerprint density at radius 2 is 2.12 bits per heavy atom. The number of rotatable bonds is 3. The van der Waals surface area contributed by atoms with E-state index >= 15 is 0 Å². The van der Waals surface area contributed by atoms with Gasteiger partial charge in [-0.3, -0.25) is 0 Å². The van der Waals surface area contributed by atoms with E-state index in [9.17, 15) is 0 Å². The quantitative estimate of drug-likeness (QED) is 0.471. The highest BCUT2D eigenvalue weighted by molar-refractivity contribution is 7.32. The zero-order valence-corrected chi connectivity index (χ0v) is 7.87. The van der Waals surface area contributed by atoms with Crippen molar-refractivity contribution in [2.24, 2.45) is 0 Å². The van der Waals surface area contributed by atoms with Crippen LogP contribution in [0.2, 0.25) is 0 Å². The van der Waals surface area contributed by atoms with Gasteiger partial charge in [-0.25, -0.2) is 11.5 Å². The SMILES string of the molecule is CN(C[B]Cl)[SiH](Cl)Cl. The van der Waals surface area contributed by atoms with Gasteiger partial charge in [-0.15, -0.1) is 22.2 Å². The van der Waals surface area contributed by atoms with Gasteiger partial charge in [0, 0.05) is 0 Å². The van der Waals surface area contributed by atoms with E-state index in [0.717, 1.165) is 0 Å². The molecule has 1 nitrogen and oxygen atoms in total. The Balaban J connectivity index is 3.17. The Morgan fingerprint density at radius 1 is 1.62 bits per heavy atom. The van der Waals surface area contributed by atoms with Gasteiger partial charge >= 0.3 is 7.58 Å². The Kier molecular flexibility index (Phi) is 5.63. The minimum Gasteiger partial charge on any atom is -0.311 e. The van der Waals surface area contributed by atoms with Crippen LogP contribution in [-0.2, 0) is 0 Å². The Bertz CT molecular complexity index is 63.2. The van der Waals surface area contributed by atoms with Gasteiger partial charge < -0.3 is 4.57 Å². The van der Waals surface area contributed by atoms with Gasteiger partial charge in [0.15, 0.2) is 0 Å². The third kappa shape index (κ3) is 4.04. The molecule has 0 spiro atoms. The molecule has 47 valence electrons. The normalized spacial score (nSPS) is 10.8. The summed E-state index contributed by atoms with van der Waals surface area (Å²) in [6.07, 6.45) is 0.658. The van der Waals surface area contributed by atoms with Gasteiger partial charge in [-0.1, -0.05) is 0 Å². The summed E-state index contributed by atoms with van der Waals surface area (Å²) in [5.74, 6) is 0. The largest absolute Gasteiger partial charge is 0.311 e. The van der Waals surface area contributed by atoms with Crippen LogP contribution in [0.25, 0.3) is 0 Å². The van der Waals surface area contributed by atoms with Gasteiger partial charge in [-0.05, 0) is 13.5 Å². The minimum atomic E-state index is -1.62. The molecule has 0 aromatic heterocycles. The van der Waals surface area contributed by atoms with Gasteiger partial charge in [-0.2, -0.15) is 0 Å². The van der Waals surface area contributed by atoms with Crippen LogP contribution in [0.4, 0.5) is 0 Å². The number of hydrogen-bond donors (Lipinski definition) is 0. The lowest BCUT2D eigenvalue weighted by Gasteiger charge is -2.12. The Labute approximate surface area is 66.1 Å². The van der Waals surface area contributed by atoms with Crippen molar-refractivity contribution in [2.75, 3.05) is 13.5 Å². The third-order valence-electron chi connectivity index (χ3n) is 0.690. The number of halogens is 3. The van der Waals surface area contributed by atoms with E-state index in [0.29, 0.717) is 6.44 Å². The first-order chi connectivity index (χ1) is 3.68. The van der Waals surface area contributed by atoms with Crippen LogP contribution in [0.15, 0.2) is 0 Å². The second kappa shape index (κ2) is 4.94. The molecule has 0 unspecified atom stereocenters. The van der Waals surface area contributed by atoms with Gasteiger partial charge in [0.1, 0.15) is 0 Å². The lowest BCUT2D eigenvalue weighted by atomic mass is 10.1. The van der Waals surface area contributed by atoms with Gasteiger partial charge in [0.05, 0.1) is 0 Å². The maximum atomic E-state index is 5.56. The van der Waals surface area contributed by atoms with Crippen molar-refractivity contribution in [2.45, 2.75) is 0 Å². The summed E-state index contributed by atoms with van der Waals surface area (Å²) in [5.41, 5.74) is 0. The third-order valence-corrected chi connectivity index (χ3v) is 3.70. The van der Waals surface area contributed by atoms with Crippen molar-refractivity contribution in [3.05, 3.63) is 0 Å². The Morgan fingerprint density at radius 3 is 2.25 bits per heavy atom. The van der Waals surface area contributed by atoms with Crippen molar-refractivity contribution in [3.8, 4) is 0 Å². The molecular weight excluding hydrogens is 183 g/mol. The smallest absolute Gasteiger partial charge is 0.308 e. The standard InChI is InChI=1S/C2H6BCl3NSi/c1-7(2-3-4)8(5)6/h8H,2H2,1H3. The molecule has 0 saturated heterocycles. The Hall–Kier alpha value is 1.11. The fourth-order valence-electron chi connectivity index (χ4n) is 0.189. The summed E-state index contributed by atoms with van der Waals surface area (Å²) < 4.78 is 1.83. The topological polar surface area (TPSA) is 3.24 Å². The predicted octanol–water partition coefficient (Wildman–Crippen LogP) is 0.928. The first-order valence-corrected chi connectivity index (χ1v) is 6.53. The molecule has 0 aliphatic rings. The molecule has 0 aromatic carbocycles.